The molecule has 1 saturated heterocycles. The maximum atomic E-state index is 11.0. The van der Waals surface area contributed by atoms with Gasteiger partial charge in [0.15, 0.2) is 11.9 Å². The second-order valence-corrected chi connectivity index (χ2v) is 3.99. The molecular formula is C10H12N2O4. The van der Waals surface area contributed by atoms with Gasteiger partial charge in [0.2, 0.25) is 0 Å². The molecule has 0 spiro atoms. The Morgan fingerprint density at radius 2 is 2.00 bits per heavy atom. The molecule has 2 rings (SSSR count). The maximum absolute atomic E-state index is 11.0. The summed E-state index contributed by atoms with van der Waals surface area (Å²) in [6.45, 7) is 3.35. The lowest BCUT2D eigenvalue weighted by Crippen LogP contribution is -2.27. The van der Waals surface area contributed by atoms with Crippen molar-refractivity contribution in [3.05, 3.63) is 24.3 Å². The Labute approximate surface area is 92.2 Å². The van der Waals surface area contributed by atoms with E-state index in [0.29, 0.717) is 5.56 Å². The molecule has 0 saturated carbocycles. The topological polar surface area (TPSA) is 81.5 Å². The number of carboxylic acid groups (broad SMARTS) is 1. The second-order valence-electron chi connectivity index (χ2n) is 3.99. The third-order valence-electron chi connectivity index (χ3n) is 2.25. The Kier molecular flexibility index (Phi) is 2.61. The number of aromatic nitrogens is 2. The first-order chi connectivity index (χ1) is 7.49. The minimum Gasteiger partial charge on any atom is -0.479 e. The molecule has 0 aliphatic carbocycles. The van der Waals surface area contributed by atoms with E-state index >= 15 is 0 Å². The van der Waals surface area contributed by atoms with Gasteiger partial charge in [-0.25, -0.2) is 14.8 Å². The standard InChI is InChI=1S/C10H12N2O4/c1-10(2)15-7(8(16-10)9(13)14)6-3-11-5-12-4-6/h3-5,7-8H,1-2H3,(H,13,14). The molecule has 0 radical (unpaired) electrons. The van der Waals surface area contributed by atoms with Crippen LogP contribution >= 0.6 is 0 Å². The smallest absolute Gasteiger partial charge is 0.336 e. The molecule has 86 valence electrons. The SMILES string of the molecule is CC1(C)OC(C(=O)O)C(c2cncnc2)O1. The summed E-state index contributed by atoms with van der Waals surface area (Å²) >= 11 is 0. The van der Waals surface area contributed by atoms with Gasteiger partial charge >= 0.3 is 5.97 Å². The quantitative estimate of drug-likeness (QED) is 0.798. The van der Waals surface area contributed by atoms with Gasteiger partial charge in [0.25, 0.3) is 0 Å². The molecule has 2 unspecified atom stereocenters. The lowest BCUT2D eigenvalue weighted by Gasteiger charge is -2.16. The summed E-state index contributed by atoms with van der Waals surface area (Å²) in [4.78, 5) is 18.7. The lowest BCUT2D eigenvalue weighted by molar-refractivity contribution is -0.165. The van der Waals surface area contributed by atoms with Crippen LogP contribution in [-0.2, 0) is 14.3 Å². The zero-order valence-corrected chi connectivity index (χ0v) is 8.95. The Morgan fingerprint density at radius 1 is 1.38 bits per heavy atom. The first kappa shape index (κ1) is 11.0. The van der Waals surface area contributed by atoms with Crippen molar-refractivity contribution < 1.29 is 19.4 Å². The van der Waals surface area contributed by atoms with Crippen LogP contribution in [0.25, 0.3) is 0 Å². The van der Waals surface area contributed by atoms with Crippen LogP contribution in [0, 0.1) is 0 Å². The Balaban J connectivity index is 2.29. The largest absolute Gasteiger partial charge is 0.479 e. The molecule has 1 aliphatic heterocycles. The van der Waals surface area contributed by atoms with Gasteiger partial charge in [-0.2, -0.15) is 0 Å². The third-order valence-corrected chi connectivity index (χ3v) is 2.25. The summed E-state index contributed by atoms with van der Waals surface area (Å²) < 4.78 is 10.8. The average Bonchev–Trinajstić information content (AvgIpc) is 2.56. The maximum Gasteiger partial charge on any atom is 0.336 e. The minimum atomic E-state index is -1.06. The highest BCUT2D eigenvalue weighted by Gasteiger charge is 2.46. The zero-order chi connectivity index (χ0) is 11.8. The molecule has 0 amide bonds. The highest BCUT2D eigenvalue weighted by atomic mass is 16.8. The molecule has 6 nitrogen and oxygen atoms in total. The predicted octanol–water partition coefficient (Wildman–Crippen LogP) is 0.754. The van der Waals surface area contributed by atoms with Crippen LogP contribution in [0.1, 0.15) is 25.5 Å². The van der Waals surface area contributed by atoms with Gasteiger partial charge < -0.3 is 14.6 Å². The fraction of sp³-hybridized carbons (Fsp3) is 0.500. The summed E-state index contributed by atoms with van der Waals surface area (Å²) in [5.41, 5.74) is 0.598. The van der Waals surface area contributed by atoms with Crippen LogP contribution in [0.2, 0.25) is 0 Å². The van der Waals surface area contributed by atoms with Gasteiger partial charge in [-0.05, 0) is 13.8 Å². The molecule has 1 aliphatic rings. The van der Waals surface area contributed by atoms with Crippen LogP contribution in [0.3, 0.4) is 0 Å². The fourth-order valence-electron chi connectivity index (χ4n) is 1.64. The van der Waals surface area contributed by atoms with Crippen molar-refractivity contribution in [2.75, 3.05) is 0 Å². The fourth-order valence-corrected chi connectivity index (χ4v) is 1.64. The van der Waals surface area contributed by atoms with Gasteiger partial charge in [0, 0.05) is 18.0 Å². The molecule has 6 heteroatoms. The number of carboxylic acids is 1. The summed E-state index contributed by atoms with van der Waals surface area (Å²) in [5, 5.41) is 9.03. The molecule has 1 fully saturated rings. The van der Waals surface area contributed by atoms with Gasteiger partial charge in [-0.1, -0.05) is 0 Å². The molecule has 2 heterocycles. The summed E-state index contributed by atoms with van der Waals surface area (Å²) in [6, 6.07) is 0. The Bertz CT molecular complexity index is 393. The summed E-state index contributed by atoms with van der Waals surface area (Å²) in [6.07, 6.45) is 2.73. The van der Waals surface area contributed by atoms with Crippen molar-refractivity contribution in [2.45, 2.75) is 31.8 Å². The highest BCUT2D eigenvalue weighted by molar-refractivity contribution is 5.73. The summed E-state index contributed by atoms with van der Waals surface area (Å²) in [5.74, 6) is -1.97. The molecule has 0 bridgehead atoms. The van der Waals surface area contributed by atoms with Crippen molar-refractivity contribution >= 4 is 5.97 Å². The van der Waals surface area contributed by atoms with Crippen molar-refractivity contribution in [2.24, 2.45) is 0 Å². The zero-order valence-electron chi connectivity index (χ0n) is 8.95. The molecule has 0 aromatic carbocycles. The van der Waals surface area contributed by atoms with E-state index in [4.69, 9.17) is 14.6 Å². The number of carbonyl (C=O) groups is 1. The monoisotopic (exact) mass is 224 g/mol. The number of hydrogen-bond donors (Lipinski definition) is 1. The first-order valence-electron chi connectivity index (χ1n) is 4.83. The van der Waals surface area contributed by atoms with Crippen LogP contribution in [0.5, 0.6) is 0 Å². The Morgan fingerprint density at radius 3 is 2.56 bits per heavy atom. The van der Waals surface area contributed by atoms with Crippen LogP contribution < -0.4 is 0 Å². The van der Waals surface area contributed by atoms with Crippen molar-refractivity contribution in [3.8, 4) is 0 Å². The van der Waals surface area contributed by atoms with E-state index in [1.54, 1.807) is 13.8 Å². The highest BCUT2D eigenvalue weighted by Crippen LogP contribution is 2.37. The van der Waals surface area contributed by atoms with Gasteiger partial charge in [0.05, 0.1) is 0 Å². The molecule has 1 aromatic rings. The predicted molar refractivity (Wildman–Crippen MR) is 52.4 cm³/mol. The van der Waals surface area contributed by atoms with Gasteiger partial charge in [0.1, 0.15) is 12.4 Å². The second kappa shape index (κ2) is 3.80. The number of ether oxygens (including phenoxy) is 2. The van der Waals surface area contributed by atoms with Gasteiger partial charge in [-0.15, -0.1) is 0 Å². The molecule has 1 N–H and O–H groups in total. The van der Waals surface area contributed by atoms with E-state index in [1.165, 1.54) is 18.7 Å². The molecule has 16 heavy (non-hydrogen) atoms. The number of aliphatic carboxylic acids is 1. The van der Waals surface area contributed by atoms with Gasteiger partial charge in [-0.3, -0.25) is 0 Å². The van der Waals surface area contributed by atoms with E-state index < -0.39 is 24.0 Å². The summed E-state index contributed by atoms with van der Waals surface area (Å²) in [7, 11) is 0. The molecular weight excluding hydrogens is 212 g/mol. The Hall–Kier alpha value is -1.53. The number of rotatable bonds is 2. The van der Waals surface area contributed by atoms with Crippen molar-refractivity contribution in [3.63, 3.8) is 0 Å². The lowest BCUT2D eigenvalue weighted by atomic mass is 10.1. The van der Waals surface area contributed by atoms with E-state index in [0.717, 1.165) is 0 Å². The normalized spacial score (nSPS) is 27.9. The first-order valence-corrected chi connectivity index (χ1v) is 4.83. The van der Waals surface area contributed by atoms with Crippen LogP contribution in [0.4, 0.5) is 0 Å². The average molecular weight is 224 g/mol. The minimum absolute atomic E-state index is 0.598. The number of nitrogens with zero attached hydrogens (tertiary/aromatic N) is 2. The molecule has 1 aromatic heterocycles. The van der Waals surface area contributed by atoms with E-state index in [9.17, 15) is 4.79 Å². The van der Waals surface area contributed by atoms with E-state index in [1.807, 2.05) is 0 Å². The van der Waals surface area contributed by atoms with Crippen molar-refractivity contribution in [1.29, 1.82) is 0 Å². The van der Waals surface area contributed by atoms with Crippen LogP contribution in [0.15, 0.2) is 18.7 Å². The van der Waals surface area contributed by atoms with E-state index in [-0.39, 0.29) is 0 Å². The molecule has 2 atom stereocenters. The van der Waals surface area contributed by atoms with E-state index in [2.05, 4.69) is 9.97 Å². The number of hydrogen-bond acceptors (Lipinski definition) is 5. The van der Waals surface area contributed by atoms with Crippen LogP contribution in [-0.4, -0.2) is 32.9 Å². The third kappa shape index (κ3) is 2.02. The van der Waals surface area contributed by atoms with Crippen molar-refractivity contribution in [1.82, 2.24) is 9.97 Å².